The van der Waals surface area contributed by atoms with Crippen LogP contribution in [0.5, 0.6) is 5.75 Å². The van der Waals surface area contributed by atoms with Crippen molar-refractivity contribution in [3.8, 4) is 5.75 Å². The first-order valence-electron chi connectivity index (χ1n) is 6.22. The van der Waals surface area contributed by atoms with Crippen molar-refractivity contribution in [3.05, 3.63) is 59.8 Å². The zero-order valence-electron chi connectivity index (χ0n) is 10.9. The van der Waals surface area contributed by atoms with Gasteiger partial charge in [0.05, 0.1) is 7.11 Å². The minimum atomic E-state index is 0.472. The van der Waals surface area contributed by atoms with Crippen LogP contribution < -0.4 is 10.1 Å². The monoisotopic (exact) mass is 284 g/mol. The summed E-state index contributed by atoms with van der Waals surface area (Å²) in [5, 5.41) is 5.85. The molecule has 4 heteroatoms. The number of anilines is 2. The van der Waals surface area contributed by atoms with Gasteiger partial charge in [-0.15, -0.1) is 0 Å². The van der Waals surface area contributed by atoms with E-state index in [2.05, 4.69) is 10.3 Å². The highest BCUT2D eigenvalue weighted by Crippen LogP contribution is 2.27. The van der Waals surface area contributed by atoms with Crippen LogP contribution in [0.25, 0.3) is 10.8 Å². The number of hydrogen-bond donors (Lipinski definition) is 1. The zero-order valence-corrected chi connectivity index (χ0v) is 11.7. The minimum Gasteiger partial charge on any atom is -0.497 e. The first kappa shape index (κ1) is 12.8. The molecule has 0 atom stereocenters. The second-order valence-corrected chi connectivity index (χ2v) is 4.76. The molecule has 0 amide bonds. The molecule has 0 spiro atoms. The van der Waals surface area contributed by atoms with Crippen LogP contribution in [0, 0.1) is 0 Å². The number of hydrogen-bond acceptors (Lipinski definition) is 3. The summed E-state index contributed by atoms with van der Waals surface area (Å²) in [4.78, 5) is 4.36. The van der Waals surface area contributed by atoms with E-state index in [0.29, 0.717) is 5.15 Å². The van der Waals surface area contributed by atoms with Crippen molar-refractivity contribution in [3.63, 3.8) is 0 Å². The van der Waals surface area contributed by atoms with E-state index in [0.717, 1.165) is 28.0 Å². The number of nitrogens with one attached hydrogen (secondary N) is 1. The van der Waals surface area contributed by atoms with Crippen molar-refractivity contribution in [2.45, 2.75) is 0 Å². The van der Waals surface area contributed by atoms with Gasteiger partial charge in [-0.1, -0.05) is 35.9 Å². The molecular formula is C16H13ClN2O. The summed E-state index contributed by atoms with van der Waals surface area (Å²) in [6.07, 6.45) is 0. The maximum Gasteiger partial charge on any atom is 0.140 e. The summed E-state index contributed by atoms with van der Waals surface area (Å²) in [7, 11) is 1.65. The molecule has 3 rings (SSSR count). The van der Waals surface area contributed by atoms with Gasteiger partial charge >= 0.3 is 0 Å². The second kappa shape index (κ2) is 5.39. The van der Waals surface area contributed by atoms with Crippen molar-refractivity contribution in [2.75, 3.05) is 12.4 Å². The molecule has 0 saturated carbocycles. The van der Waals surface area contributed by atoms with Crippen LogP contribution in [0.15, 0.2) is 54.6 Å². The fourth-order valence-electron chi connectivity index (χ4n) is 2.07. The topological polar surface area (TPSA) is 34.1 Å². The fraction of sp³-hybridized carbons (Fsp3) is 0.0625. The maximum absolute atomic E-state index is 6.07. The summed E-state index contributed by atoms with van der Waals surface area (Å²) in [6, 6.07) is 17.5. The Balaban J connectivity index is 2.01. The van der Waals surface area contributed by atoms with E-state index in [-0.39, 0.29) is 0 Å². The Hall–Kier alpha value is -2.26. The molecule has 0 radical (unpaired) electrons. The van der Waals surface area contributed by atoms with E-state index < -0.39 is 0 Å². The van der Waals surface area contributed by atoms with Crippen LogP contribution >= 0.6 is 11.6 Å². The maximum atomic E-state index is 6.07. The van der Waals surface area contributed by atoms with Gasteiger partial charge < -0.3 is 10.1 Å². The van der Waals surface area contributed by atoms with E-state index >= 15 is 0 Å². The van der Waals surface area contributed by atoms with Crippen LogP contribution in [-0.2, 0) is 0 Å². The Morgan fingerprint density at radius 3 is 2.55 bits per heavy atom. The van der Waals surface area contributed by atoms with Crippen molar-refractivity contribution in [1.82, 2.24) is 4.98 Å². The average Bonchev–Trinajstić information content (AvgIpc) is 2.48. The average molecular weight is 285 g/mol. The SMILES string of the molecule is COc1ccc(Nc2nc(Cl)cc3ccccc23)cc1. The summed E-state index contributed by atoms with van der Waals surface area (Å²) >= 11 is 6.07. The van der Waals surface area contributed by atoms with Gasteiger partial charge in [-0.25, -0.2) is 4.98 Å². The molecule has 3 aromatic rings. The highest BCUT2D eigenvalue weighted by molar-refractivity contribution is 6.30. The molecule has 100 valence electrons. The number of fused-ring (bicyclic) bond motifs is 1. The molecular weight excluding hydrogens is 272 g/mol. The summed E-state index contributed by atoms with van der Waals surface area (Å²) in [5.74, 6) is 1.57. The predicted octanol–water partition coefficient (Wildman–Crippen LogP) is 4.64. The second-order valence-electron chi connectivity index (χ2n) is 4.37. The number of rotatable bonds is 3. The third kappa shape index (κ3) is 2.53. The van der Waals surface area contributed by atoms with Crippen molar-refractivity contribution >= 4 is 33.9 Å². The van der Waals surface area contributed by atoms with Gasteiger partial charge in [0.2, 0.25) is 0 Å². The molecule has 3 nitrogen and oxygen atoms in total. The molecule has 0 aliphatic heterocycles. The fourth-order valence-corrected chi connectivity index (χ4v) is 2.27. The van der Waals surface area contributed by atoms with Gasteiger partial charge in [0.1, 0.15) is 16.7 Å². The summed E-state index contributed by atoms with van der Waals surface area (Å²) in [5.41, 5.74) is 0.936. The Kier molecular flexibility index (Phi) is 3.44. The highest BCUT2D eigenvalue weighted by Gasteiger charge is 2.05. The lowest BCUT2D eigenvalue weighted by molar-refractivity contribution is 0.415. The van der Waals surface area contributed by atoms with Gasteiger partial charge in [-0.3, -0.25) is 0 Å². The summed E-state index contributed by atoms with van der Waals surface area (Å²) < 4.78 is 5.14. The Bertz CT molecular complexity index is 741. The van der Waals surface area contributed by atoms with Crippen LogP contribution in [0.1, 0.15) is 0 Å². The number of ether oxygens (including phenoxy) is 1. The molecule has 0 fully saturated rings. The number of halogens is 1. The van der Waals surface area contributed by atoms with Gasteiger partial charge in [0.25, 0.3) is 0 Å². The van der Waals surface area contributed by atoms with Gasteiger partial charge in [0, 0.05) is 11.1 Å². The predicted molar refractivity (Wildman–Crippen MR) is 83.0 cm³/mol. The van der Waals surface area contributed by atoms with E-state index in [9.17, 15) is 0 Å². The van der Waals surface area contributed by atoms with Gasteiger partial charge in [-0.2, -0.15) is 0 Å². The quantitative estimate of drug-likeness (QED) is 0.712. The zero-order chi connectivity index (χ0) is 13.9. The molecule has 20 heavy (non-hydrogen) atoms. The highest BCUT2D eigenvalue weighted by atomic mass is 35.5. The molecule has 1 aromatic heterocycles. The van der Waals surface area contributed by atoms with E-state index in [1.54, 1.807) is 7.11 Å². The first-order valence-corrected chi connectivity index (χ1v) is 6.60. The minimum absolute atomic E-state index is 0.472. The third-order valence-corrected chi connectivity index (χ3v) is 3.26. The lowest BCUT2D eigenvalue weighted by Gasteiger charge is -2.10. The molecule has 1 heterocycles. The number of pyridine rings is 1. The Morgan fingerprint density at radius 1 is 1.05 bits per heavy atom. The lowest BCUT2D eigenvalue weighted by atomic mass is 10.1. The van der Waals surface area contributed by atoms with Gasteiger partial charge in [-0.05, 0) is 35.7 Å². The molecule has 0 bridgehead atoms. The smallest absolute Gasteiger partial charge is 0.140 e. The molecule has 2 aromatic carbocycles. The third-order valence-electron chi connectivity index (χ3n) is 3.06. The van der Waals surface area contributed by atoms with Crippen LogP contribution in [0.4, 0.5) is 11.5 Å². The van der Waals surface area contributed by atoms with Crippen LogP contribution in [0.2, 0.25) is 5.15 Å². The Labute approximate surface area is 122 Å². The molecule has 0 unspecified atom stereocenters. The molecule has 0 saturated heterocycles. The number of aromatic nitrogens is 1. The van der Waals surface area contributed by atoms with Crippen LogP contribution in [0.3, 0.4) is 0 Å². The molecule has 0 aliphatic rings. The van der Waals surface area contributed by atoms with E-state index in [1.165, 1.54) is 0 Å². The van der Waals surface area contributed by atoms with Crippen molar-refractivity contribution < 1.29 is 4.74 Å². The molecule has 1 N–H and O–H groups in total. The number of methoxy groups -OCH3 is 1. The number of nitrogens with zero attached hydrogens (tertiary/aromatic N) is 1. The normalized spacial score (nSPS) is 10.5. The molecule has 0 aliphatic carbocycles. The van der Waals surface area contributed by atoms with E-state index in [4.69, 9.17) is 16.3 Å². The van der Waals surface area contributed by atoms with Crippen molar-refractivity contribution in [1.29, 1.82) is 0 Å². The van der Waals surface area contributed by atoms with Gasteiger partial charge in [0.15, 0.2) is 0 Å². The Morgan fingerprint density at radius 2 is 1.80 bits per heavy atom. The lowest BCUT2D eigenvalue weighted by Crippen LogP contribution is -1.95. The van der Waals surface area contributed by atoms with E-state index in [1.807, 2.05) is 54.6 Å². The standard InChI is InChI=1S/C16H13ClN2O/c1-20-13-8-6-12(7-9-13)18-16-14-5-3-2-4-11(14)10-15(17)19-16/h2-10H,1H3,(H,18,19). The summed E-state index contributed by atoms with van der Waals surface area (Å²) in [6.45, 7) is 0. The number of benzene rings is 2. The van der Waals surface area contributed by atoms with Crippen molar-refractivity contribution in [2.24, 2.45) is 0 Å². The van der Waals surface area contributed by atoms with Crippen LogP contribution in [-0.4, -0.2) is 12.1 Å². The first-order chi connectivity index (χ1) is 9.76. The largest absolute Gasteiger partial charge is 0.497 e.